The van der Waals surface area contributed by atoms with Gasteiger partial charge in [0.2, 0.25) is 0 Å². The van der Waals surface area contributed by atoms with Crippen molar-refractivity contribution in [2.75, 3.05) is 19.8 Å². The Morgan fingerprint density at radius 3 is 2.06 bits per heavy atom. The summed E-state index contributed by atoms with van der Waals surface area (Å²) in [5.74, 6) is -0.833. The van der Waals surface area contributed by atoms with E-state index < -0.39 is 105 Å². The standard InChI is InChI=1S/C20H35NO13/c22-3-6-1-8(12(26)15(29)11(6)25)21-9-2-7(4-23)19(17(31)13(9)27)34-20-18(32)16(30)14(28)10(5-24)33-20/h1,7-32H,2-5H2/t7-,8-,9-,10+,11-,12+,13-,14+,15+,16-,17-,18+,19-,20-/m1/s1. The van der Waals surface area contributed by atoms with Crippen LogP contribution < -0.4 is 5.32 Å². The smallest absolute Gasteiger partial charge is 0.187 e. The van der Waals surface area contributed by atoms with Crippen LogP contribution in [0.25, 0.3) is 0 Å². The van der Waals surface area contributed by atoms with E-state index in [4.69, 9.17) is 9.47 Å². The molecular weight excluding hydrogens is 462 g/mol. The number of aliphatic hydroxyl groups is 11. The van der Waals surface area contributed by atoms with E-state index in [0.717, 1.165) is 0 Å². The molecule has 0 bridgehead atoms. The maximum absolute atomic E-state index is 10.7. The number of hydrogen-bond acceptors (Lipinski definition) is 14. The Morgan fingerprint density at radius 2 is 1.47 bits per heavy atom. The van der Waals surface area contributed by atoms with Gasteiger partial charge in [0, 0.05) is 18.6 Å². The molecule has 12 N–H and O–H groups in total. The lowest BCUT2D eigenvalue weighted by Gasteiger charge is -2.47. The first kappa shape index (κ1) is 27.8. The number of nitrogens with one attached hydrogen (secondary N) is 1. The Hall–Kier alpha value is -0.820. The molecule has 14 atom stereocenters. The van der Waals surface area contributed by atoms with E-state index in [1.807, 2.05) is 0 Å². The van der Waals surface area contributed by atoms with Crippen LogP contribution in [0, 0.1) is 5.92 Å². The fraction of sp³-hybridized carbons (Fsp3) is 0.900. The minimum atomic E-state index is -1.75. The fourth-order valence-corrected chi connectivity index (χ4v) is 4.77. The number of rotatable bonds is 7. The van der Waals surface area contributed by atoms with Crippen LogP contribution in [0.2, 0.25) is 0 Å². The molecule has 34 heavy (non-hydrogen) atoms. The first-order chi connectivity index (χ1) is 16.0. The molecule has 0 unspecified atom stereocenters. The van der Waals surface area contributed by atoms with Gasteiger partial charge in [-0.1, -0.05) is 6.08 Å². The van der Waals surface area contributed by atoms with Crippen molar-refractivity contribution < 1.29 is 65.6 Å². The first-order valence-electron chi connectivity index (χ1n) is 11.1. The fourth-order valence-electron chi connectivity index (χ4n) is 4.77. The summed E-state index contributed by atoms with van der Waals surface area (Å²) in [5.41, 5.74) is 0.0590. The molecule has 198 valence electrons. The third-order valence-corrected chi connectivity index (χ3v) is 6.90. The molecule has 2 fully saturated rings. The third-order valence-electron chi connectivity index (χ3n) is 6.90. The zero-order valence-corrected chi connectivity index (χ0v) is 18.2. The van der Waals surface area contributed by atoms with Crippen LogP contribution in [-0.4, -0.2) is 155 Å². The van der Waals surface area contributed by atoms with Crippen molar-refractivity contribution in [2.45, 2.75) is 85.8 Å². The Labute approximate surface area is 194 Å². The molecule has 0 aromatic heterocycles. The molecule has 1 aliphatic heterocycles. The third kappa shape index (κ3) is 5.30. The maximum atomic E-state index is 10.7. The van der Waals surface area contributed by atoms with E-state index in [-0.39, 0.29) is 12.0 Å². The molecule has 1 saturated heterocycles. The molecular formula is C20H35NO13. The molecule has 1 heterocycles. The summed E-state index contributed by atoms with van der Waals surface area (Å²) in [6.07, 6.45) is -15.7. The quantitative estimate of drug-likeness (QED) is 0.146. The van der Waals surface area contributed by atoms with Gasteiger partial charge in [-0.05, 0) is 12.0 Å². The molecule has 14 nitrogen and oxygen atoms in total. The van der Waals surface area contributed by atoms with Crippen LogP contribution in [0.1, 0.15) is 6.42 Å². The van der Waals surface area contributed by atoms with Gasteiger partial charge in [0.05, 0.1) is 31.5 Å². The second-order valence-electron chi connectivity index (χ2n) is 9.08. The summed E-state index contributed by atoms with van der Waals surface area (Å²) < 4.78 is 10.9. The van der Waals surface area contributed by atoms with Crippen molar-refractivity contribution >= 4 is 0 Å². The molecule has 3 rings (SSSR count). The van der Waals surface area contributed by atoms with Gasteiger partial charge in [-0.3, -0.25) is 0 Å². The summed E-state index contributed by atoms with van der Waals surface area (Å²) in [7, 11) is 0. The highest BCUT2D eigenvalue weighted by Gasteiger charge is 2.50. The minimum Gasteiger partial charge on any atom is -0.396 e. The molecule has 14 heteroatoms. The summed E-state index contributed by atoms with van der Waals surface area (Å²) in [6, 6.07) is -1.94. The number of ether oxygens (including phenoxy) is 2. The van der Waals surface area contributed by atoms with Gasteiger partial charge in [-0.2, -0.15) is 0 Å². The van der Waals surface area contributed by atoms with Crippen LogP contribution >= 0.6 is 0 Å². The van der Waals surface area contributed by atoms with Crippen LogP contribution in [0.4, 0.5) is 0 Å². The Morgan fingerprint density at radius 1 is 0.794 bits per heavy atom. The molecule has 1 saturated carbocycles. The predicted molar refractivity (Wildman–Crippen MR) is 110 cm³/mol. The second-order valence-corrected chi connectivity index (χ2v) is 9.08. The van der Waals surface area contributed by atoms with Gasteiger partial charge < -0.3 is 71.0 Å². The van der Waals surface area contributed by atoms with Crippen molar-refractivity contribution in [3.8, 4) is 0 Å². The number of hydrogen-bond donors (Lipinski definition) is 12. The van der Waals surface area contributed by atoms with E-state index in [1.165, 1.54) is 6.08 Å². The Kier molecular flexibility index (Phi) is 9.38. The van der Waals surface area contributed by atoms with E-state index in [0.29, 0.717) is 0 Å². The molecule has 0 aromatic rings. The largest absolute Gasteiger partial charge is 0.396 e. The highest BCUT2D eigenvalue weighted by molar-refractivity contribution is 5.22. The van der Waals surface area contributed by atoms with Gasteiger partial charge in [-0.25, -0.2) is 0 Å². The van der Waals surface area contributed by atoms with Crippen molar-refractivity contribution in [2.24, 2.45) is 5.92 Å². The van der Waals surface area contributed by atoms with Crippen LogP contribution in [0.5, 0.6) is 0 Å². The van der Waals surface area contributed by atoms with Gasteiger partial charge >= 0.3 is 0 Å². The lowest BCUT2D eigenvalue weighted by atomic mass is 9.78. The van der Waals surface area contributed by atoms with Crippen molar-refractivity contribution in [3.63, 3.8) is 0 Å². The topological polar surface area (TPSA) is 253 Å². The van der Waals surface area contributed by atoms with Gasteiger partial charge in [-0.15, -0.1) is 0 Å². The lowest BCUT2D eigenvalue weighted by Crippen LogP contribution is -2.66. The van der Waals surface area contributed by atoms with Gasteiger partial charge in [0.15, 0.2) is 6.29 Å². The molecule has 0 aromatic carbocycles. The summed E-state index contributed by atoms with van der Waals surface area (Å²) >= 11 is 0. The number of aliphatic hydroxyl groups excluding tert-OH is 11. The summed E-state index contributed by atoms with van der Waals surface area (Å²) in [5, 5.41) is 113. The lowest BCUT2D eigenvalue weighted by molar-refractivity contribution is -0.328. The first-order valence-corrected chi connectivity index (χ1v) is 11.1. The van der Waals surface area contributed by atoms with E-state index in [1.54, 1.807) is 0 Å². The minimum absolute atomic E-state index is 0.0129. The van der Waals surface area contributed by atoms with Crippen molar-refractivity contribution in [1.29, 1.82) is 0 Å². The average Bonchev–Trinajstić information content (AvgIpc) is 2.83. The summed E-state index contributed by atoms with van der Waals surface area (Å²) in [4.78, 5) is 0. The zero-order valence-electron chi connectivity index (χ0n) is 18.2. The second kappa shape index (κ2) is 11.5. The van der Waals surface area contributed by atoms with Crippen LogP contribution in [-0.2, 0) is 9.47 Å². The van der Waals surface area contributed by atoms with E-state index >= 15 is 0 Å². The zero-order chi connectivity index (χ0) is 25.3. The molecule has 0 radical (unpaired) electrons. The molecule has 3 aliphatic rings. The summed E-state index contributed by atoms with van der Waals surface area (Å²) in [6.45, 7) is -1.80. The van der Waals surface area contributed by atoms with Crippen molar-refractivity contribution in [1.82, 2.24) is 5.32 Å². The monoisotopic (exact) mass is 497 g/mol. The molecule has 0 amide bonds. The van der Waals surface area contributed by atoms with Crippen LogP contribution in [0.15, 0.2) is 11.6 Å². The average molecular weight is 497 g/mol. The van der Waals surface area contributed by atoms with Gasteiger partial charge in [0.25, 0.3) is 0 Å². The van der Waals surface area contributed by atoms with Gasteiger partial charge in [0.1, 0.15) is 48.8 Å². The SMILES string of the molecule is OCC1=C[C@@H](N[C@@H]2C[C@H](CO)[C@@H](O[C@H]3O[C@@H](CO)[C@H](O)[C@@H](O)[C@@H]3O)[C@H](O)[C@@H]2O)[C@H](O)[C@@H](O)[C@@H]1O. The molecule has 0 spiro atoms. The van der Waals surface area contributed by atoms with E-state index in [2.05, 4.69) is 5.32 Å². The highest BCUT2D eigenvalue weighted by Crippen LogP contribution is 2.33. The van der Waals surface area contributed by atoms with Crippen LogP contribution in [0.3, 0.4) is 0 Å². The highest BCUT2D eigenvalue weighted by atomic mass is 16.7. The van der Waals surface area contributed by atoms with E-state index in [9.17, 15) is 56.2 Å². The Bertz CT molecular complexity index is 693. The molecule has 2 aliphatic carbocycles. The Balaban J connectivity index is 1.73. The normalized spacial score (nSPS) is 50.1. The maximum Gasteiger partial charge on any atom is 0.187 e. The predicted octanol–water partition coefficient (Wildman–Crippen LogP) is -6.75. The van der Waals surface area contributed by atoms with Crippen molar-refractivity contribution in [3.05, 3.63) is 11.6 Å².